The molecule has 0 bridgehead atoms. The quantitative estimate of drug-likeness (QED) is 0.329. The number of amides is 1. The maximum atomic E-state index is 12.1. The number of nitrogens with one attached hydrogen (secondary N) is 3. The summed E-state index contributed by atoms with van der Waals surface area (Å²) in [5.41, 5.74) is 7.55. The van der Waals surface area contributed by atoms with Crippen LogP contribution in [0.2, 0.25) is 0 Å². The molecular weight excluding hydrogens is 388 g/mol. The number of carbonyl (C=O) groups is 1. The van der Waals surface area contributed by atoms with Crippen molar-refractivity contribution < 1.29 is 4.79 Å². The molecule has 8 nitrogen and oxygen atoms in total. The van der Waals surface area contributed by atoms with Crippen molar-refractivity contribution in [3.05, 3.63) is 79.2 Å². The average molecular weight is 411 g/mol. The van der Waals surface area contributed by atoms with Crippen LogP contribution in [-0.4, -0.2) is 31.9 Å². The molecule has 2 aromatic heterocycles. The summed E-state index contributed by atoms with van der Waals surface area (Å²) in [6.07, 6.45) is 1.55. The number of hydrogen-bond donors (Lipinski definition) is 3. The molecule has 9 heteroatoms. The lowest BCUT2D eigenvalue weighted by Gasteiger charge is -2.05. The first-order valence-corrected chi connectivity index (χ1v) is 9.46. The molecule has 0 aliphatic carbocycles. The summed E-state index contributed by atoms with van der Waals surface area (Å²) >= 11 is 4.89. The summed E-state index contributed by atoms with van der Waals surface area (Å²) in [5.74, 6) is -0.361. The van der Waals surface area contributed by atoms with Crippen molar-refractivity contribution in [2.24, 2.45) is 5.10 Å². The van der Waals surface area contributed by atoms with Crippen molar-refractivity contribution in [1.29, 1.82) is 0 Å². The highest BCUT2D eigenvalue weighted by Crippen LogP contribution is 2.13. The normalized spacial score (nSPS) is 11.1. The van der Waals surface area contributed by atoms with E-state index in [-0.39, 0.29) is 22.7 Å². The molecule has 0 unspecified atom stereocenters. The van der Waals surface area contributed by atoms with Gasteiger partial charge in [-0.2, -0.15) is 10.2 Å². The number of rotatable bonds is 6. The van der Waals surface area contributed by atoms with Crippen LogP contribution in [0.25, 0.3) is 0 Å². The van der Waals surface area contributed by atoms with Gasteiger partial charge in [0, 0.05) is 23.0 Å². The van der Waals surface area contributed by atoms with Crippen molar-refractivity contribution in [1.82, 2.24) is 25.2 Å². The monoisotopic (exact) mass is 410 g/mol. The van der Waals surface area contributed by atoms with E-state index in [4.69, 9.17) is 12.2 Å². The van der Waals surface area contributed by atoms with Gasteiger partial charge in [-0.15, -0.1) is 0 Å². The molecule has 3 N–H and O–H groups in total. The molecule has 0 radical (unpaired) electrons. The third kappa shape index (κ3) is 5.35. The molecular formula is C20H22N6O2S. The van der Waals surface area contributed by atoms with Gasteiger partial charge in [-0.25, -0.2) is 5.43 Å². The largest absolute Gasteiger partial charge is 0.335 e. The molecule has 0 saturated carbocycles. The van der Waals surface area contributed by atoms with Crippen LogP contribution >= 0.6 is 12.2 Å². The summed E-state index contributed by atoms with van der Waals surface area (Å²) in [6.45, 7) is 6.58. The lowest BCUT2D eigenvalue weighted by atomic mass is 10.1. The Labute approximate surface area is 172 Å². The van der Waals surface area contributed by atoms with Gasteiger partial charge in [0.25, 0.3) is 5.56 Å². The Bertz CT molecular complexity index is 1140. The van der Waals surface area contributed by atoms with E-state index in [0.29, 0.717) is 12.2 Å². The van der Waals surface area contributed by atoms with Crippen molar-refractivity contribution in [3.63, 3.8) is 0 Å². The Hall–Kier alpha value is -3.33. The minimum Gasteiger partial charge on any atom is -0.335 e. The molecule has 2 heterocycles. The molecule has 1 aromatic carbocycles. The fourth-order valence-electron chi connectivity index (χ4n) is 2.91. The van der Waals surface area contributed by atoms with Gasteiger partial charge in [-0.1, -0.05) is 29.8 Å². The predicted molar refractivity (Wildman–Crippen MR) is 114 cm³/mol. The first-order valence-electron chi connectivity index (χ1n) is 9.06. The average Bonchev–Trinajstić information content (AvgIpc) is 2.90. The standard InChI is InChI=1S/C20H22N6O2S/c1-12-4-6-15(7-5-12)11-26-14(3)17(13(2)25-26)10-21-24-19(28)9-16-8-18(27)23-20(29)22-16/h4-8,10H,9,11H2,1-3H3,(H,24,28)(H2,22,23,27,29)/b21-10-. The van der Waals surface area contributed by atoms with Crippen LogP contribution in [0.1, 0.15) is 33.8 Å². The van der Waals surface area contributed by atoms with E-state index in [2.05, 4.69) is 56.8 Å². The second kappa shape index (κ2) is 8.78. The van der Waals surface area contributed by atoms with Crippen molar-refractivity contribution in [3.8, 4) is 0 Å². The van der Waals surface area contributed by atoms with Crippen LogP contribution in [0.4, 0.5) is 0 Å². The Morgan fingerprint density at radius 1 is 1.24 bits per heavy atom. The van der Waals surface area contributed by atoms with E-state index in [1.165, 1.54) is 11.6 Å². The molecule has 0 aliphatic heterocycles. The molecule has 0 spiro atoms. The minimum absolute atomic E-state index is 0.0322. The lowest BCUT2D eigenvalue weighted by Crippen LogP contribution is -2.22. The number of carbonyl (C=O) groups excluding carboxylic acids is 1. The lowest BCUT2D eigenvalue weighted by molar-refractivity contribution is -0.120. The van der Waals surface area contributed by atoms with Crippen LogP contribution in [0, 0.1) is 25.5 Å². The maximum absolute atomic E-state index is 12.1. The molecule has 3 aromatic rings. The van der Waals surface area contributed by atoms with Gasteiger partial charge in [0.15, 0.2) is 4.77 Å². The summed E-state index contributed by atoms with van der Waals surface area (Å²) in [6, 6.07) is 9.61. The zero-order valence-corrected chi connectivity index (χ0v) is 17.3. The first-order chi connectivity index (χ1) is 13.8. The summed E-state index contributed by atoms with van der Waals surface area (Å²) in [4.78, 5) is 28.6. The number of benzene rings is 1. The highest BCUT2D eigenvalue weighted by atomic mass is 32.1. The highest BCUT2D eigenvalue weighted by Gasteiger charge is 2.10. The fourth-order valence-corrected chi connectivity index (χ4v) is 3.15. The van der Waals surface area contributed by atoms with Crippen molar-refractivity contribution in [2.45, 2.75) is 33.7 Å². The summed E-state index contributed by atoms with van der Waals surface area (Å²) < 4.78 is 2.09. The van der Waals surface area contributed by atoms with E-state index >= 15 is 0 Å². The van der Waals surface area contributed by atoms with E-state index in [9.17, 15) is 9.59 Å². The van der Waals surface area contributed by atoms with Gasteiger partial charge in [-0.3, -0.25) is 19.3 Å². The van der Waals surface area contributed by atoms with Gasteiger partial charge >= 0.3 is 0 Å². The van der Waals surface area contributed by atoms with E-state index in [1.807, 2.05) is 18.5 Å². The molecule has 1 amide bonds. The van der Waals surface area contributed by atoms with Crippen LogP contribution in [0.5, 0.6) is 0 Å². The number of nitrogens with zero attached hydrogens (tertiary/aromatic N) is 3. The zero-order valence-electron chi connectivity index (χ0n) is 16.4. The third-order valence-corrected chi connectivity index (χ3v) is 4.64. The van der Waals surface area contributed by atoms with Crippen LogP contribution < -0.4 is 11.0 Å². The van der Waals surface area contributed by atoms with Gasteiger partial charge in [0.2, 0.25) is 5.91 Å². The Kier molecular flexibility index (Phi) is 6.18. The Morgan fingerprint density at radius 2 is 1.97 bits per heavy atom. The van der Waals surface area contributed by atoms with Gasteiger partial charge < -0.3 is 4.98 Å². The molecule has 29 heavy (non-hydrogen) atoms. The molecule has 0 atom stereocenters. The topological polar surface area (TPSA) is 108 Å². The summed E-state index contributed by atoms with van der Waals surface area (Å²) in [7, 11) is 0. The fraction of sp³-hybridized carbons (Fsp3) is 0.250. The molecule has 0 aliphatic rings. The van der Waals surface area contributed by atoms with Crippen molar-refractivity contribution >= 4 is 24.3 Å². The zero-order chi connectivity index (χ0) is 21.0. The van der Waals surface area contributed by atoms with E-state index in [0.717, 1.165) is 22.5 Å². The minimum atomic E-state index is -0.361. The Balaban J connectivity index is 1.66. The second-order valence-electron chi connectivity index (χ2n) is 6.81. The van der Waals surface area contributed by atoms with Crippen LogP contribution in [0.3, 0.4) is 0 Å². The van der Waals surface area contributed by atoms with Crippen molar-refractivity contribution in [2.75, 3.05) is 0 Å². The molecule has 150 valence electrons. The van der Waals surface area contributed by atoms with Crippen LogP contribution in [-0.2, 0) is 17.8 Å². The molecule has 0 fully saturated rings. The Morgan fingerprint density at radius 3 is 2.66 bits per heavy atom. The second-order valence-corrected chi connectivity index (χ2v) is 7.22. The number of H-pyrrole nitrogens is 2. The first kappa shape index (κ1) is 20.4. The SMILES string of the molecule is Cc1ccc(Cn2nc(C)c(/C=N\NC(=O)Cc3cc(=O)[nH]c(=S)[nH]3)c2C)cc1. The summed E-state index contributed by atoms with van der Waals surface area (Å²) in [5, 5.41) is 8.60. The van der Waals surface area contributed by atoms with E-state index < -0.39 is 0 Å². The number of aryl methyl sites for hydroxylation is 2. The molecule has 3 rings (SSSR count). The van der Waals surface area contributed by atoms with E-state index in [1.54, 1.807) is 6.21 Å². The molecule has 0 saturated heterocycles. The van der Waals surface area contributed by atoms with Gasteiger partial charge in [0.1, 0.15) is 0 Å². The third-order valence-electron chi connectivity index (χ3n) is 4.44. The predicted octanol–water partition coefficient (Wildman–Crippen LogP) is 2.30. The number of aromatic nitrogens is 4. The number of aromatic amines is 2. The van der Waals surface area contributed by atoms with Gasteiger partial charge in [-0.05, 0) is 38.6 Å². The smallest absolute Gasteiger partial charge is 0.251 e. The maximum Gasteiger partial charge on any atom is 0.251 e. The van der Waals surface area contributed by atoms with Crippen LogP contribution in [0.15, 0.2) is 40.2 Å². The van der Waals surface area contributed by atoms with Gasteiger partial charge in [0.05, 0.1) is 24.9 Å². The number of hydrazone groups is 1. The number of hydrogen-bond acceptors (Lipinski definition) is 5. The highest BCUT2D eigenvalue weighted by molar-refractivity contribution is 7.71.